The van der Waals surface area contributed by atoms with Gasteiger partial charge in [0.05, 0.1) is 34.7 Å². The third kappa shape index (κ3) is 4.17. The Morgan fingerprint density at radius 3 is 2.41 bits per heavy atom. The van der Waals surface area contributed by atoms with Crippen LogP contribution in [0.2, 0.25) is 0 Å². The Balaban J connectivity index is 1.69. The highest BCUT2D eigenvalue weighted by Crippen LogP contribution is 2.31. The molecule has 0 saturated carbocycles. The number of carbonyl (C=O) groups is 2. The summed E-state index contributed by atoms with van der Waals surface area (Å²) < 4.78 is 33.9. The summed E-state index contributed by atoms with van der Waals surface area (Å²) in [7, 11) is -4.05. The Hall–Kier alpha value is -3.06. The summed E-state index contributed by atoms with van der Waals surface area (Å²) in [4.78, 5) is 27.2. The molecule has 0 bridgehead atoms. The van der Waals surface area contributed by atoms with Crippen molar-refractivity contribution in [2.75, 3.05) is 18.1 Å². The lowest BCUT2D eigenvalue weighted by atomic mass is 10.2. The van der Waals surface area contributed by atoms with E-state index in [0.29, 0.717) is 24.3 Å². The van der Waals surface area contributed by atoms with E-state index in [1.165, 1.54) is 36.4 Å². The fraction of sp³-hybridized carbons (Fsp3) is 0.348. The van der Waals surface area contributed by atoms with Gasteiger partial charge in [-0.15, -0.1) is 0 Å². The van der Waals surface area contributed by atoms with Gasteiger partial charge in [-0.25, -0.2) is 13.3 Å². The maximum atomic E-state index is 13.5. The van der Waals surface area contributed by atoms with Crippen LogP contribution < -0.4 is 4.90 Å². The first-order valence-corrected chi connectivity index (χ1v) is 11.8. The molecule has 0 spiro atoms. The molecule has 8 nitrogen and oxygen atoms in total. The van der Waals surface area contributed by atoms with E-state index >= 15 is 0 Å². The van der Waals surface area contributed by atoms with Gasteiger partial charge in [-0.05, 0) is 56.2 Å². The van der Waals surface area contributed by atoms with Crippen molar-refractivity contribution in [1.82, 2.24) is 4.31 Å². The average molecular weight is 454 g/mol. The molecule has 2 unspecified atom stereocenters. The van der Waals surface area contributed by atoms with Crippen LogP contribution in [-0.2, 0) is 24.3 Å². The van der Waals surface area contributed by atoms with Crippen LogP contribution in [0.25, 0.3) is 0 Å². The molecule has 9 heteroatoms. The van der Waals surface area contributed by atoms with Gasteiger partial charge in [-0.3, -0.25) is 9.59 Å². The first-order valence-electron chi connectivity index (χ1n) is 10.4. The Labute approximate surface area is 187 Å². The second-order valence-electron chi connectivity index (χ2n) is 7.97. The summed E-state index contributed by atoms with van der Waals surface area (Å²) >= 11 is 0. The van der Waals surface area contributed by atoms with Crippen molar-refractivity contribution in [3.63, 3.8) is 0 Å². The molecule has 0 aliphatic carbocycles. The van der Waals surface area contributed by atoms with Crippen LogP contribution in [-0.4, -0.2) is 49.8 Å². The zero-order chi connectivity index (χ0) is 22.9. The zero-order valence-electron chi connectivity index (χ0n) is 17.6. The number of amides is 2. The van der Waals surface area contributed by atoms with Crippen molar-refractivity contribution in [3.05, 3.63) is 59.7 Å². The Morgan fingerprint density at radius 2 is 1.81 bits per heavy atom. The van der Waals surface area contributed by atoms with Crippen molar-refractivity contribution < 1.29 is 22.7 Å². The van der Waals surface area contributed by atoms with Crippen molar-refractivity contribution in [2.45, 2.75) is 43.2 Å². The second-order valence-corrected chi connectivity index (χ2v) is 9.86. The molecule has 32 heavy (non-hydrogen) atoms. The normalized spacial score (nSPS) is 21.3. The molecule has 2 saturated heterocycles. The molecule has 2 heterocycles. The third-order valence-corrected chi connectivity index (χ3v) is 7.65. The summed E-state index contributed by atoms with van der Waals surface area (Å²) in [6.45, 7) is 2.40. The summed E-state index contributed by atoms with van der Waals surface area (Å²) in [6, 6.07) is 13.3. The summed E-state index contributed by atoms with van der Waals surface area (Å²) in [5.74, 6) is -1.09. The number of carbonyl (C=O) groups excluding carboxylic acids is 2. The molecule has 166 valence electrons. The number of imide groups is 1. The maximum Gasteiger partial charge on any atom is 0.252 e. The van der Waals surface area contributed by atoms with Crippen LogP contribution in [0.1, 0.15) is 30.4 Å². The van der Waals surface area contributed by atoms with Gasteiger partial charge < -0.3 is 4.74 Å². The van der Waals surface area contributed by atoms with Gasteiger partial charge in [0.2, 0.25) is 15.9 Å². The molecule has 2 fully saturated rings. The molecule has 2 atom stereocenters. The quantitative estimate of drug-likeness (QED) is 0.622. The van der Waals surface area contributed by atoms with E-state index in [4.69, 9.17) is 10.00 Å². The highest BCUT2D eigenvalue weighted by molar-refractivity contribution is 7.89. The average Bonchev–Trinajstić information content (AvgIpc) is 3.40. The molecular formula is C23H23N3O5S. The van der Waals surface area contributed by atoms with Gasteiger partial charge >= 0.3 is 0 Å². The lowest BCUT2D eigenvalue weighted by Gasteiger charge is -2.29. The molecular weight excluding hydrogens is 430 g/mol. The van der Waals surface area contributed by atoms with Crippen LogP contribution in [0.5, 0.6) is 0 Å². The number of sulfonamides is 1. The number of ether oxygens (including phenoxy) is 1. The number of anilines is 1. The van der Waals surface area contributed by atoms with Gasteiger partial charge in [0.25, 0.3) is 5.91 Å². The molecule has 0 N–H and O–H groups in total. The first kappa shape index (κ1) is 22.1. The number of benzene rings is 2. The van der Waals surface area contributed by atoms with Crippen molar-refractivity contribution in [1.29, 1.82) is 5.26 Å². The molecule has 2 aromatic rings. The monoisotopic (exact) mass is 453 g/mol. The number of nitriles is 1. The van der Waals surface area contributed by atoms with E-state index < -0.39 is 27.9 Å². The van der Waals surface area contributed by atoms with E-state index in [1.807, 2.05) is 13.0 Å². The highest BCUT2D eigenvalue weighted by atomic mass is 32.2. The van der Waals surface area contributed by atoms with Gasteiger partial charge in [-0.1, -0.05) is 17.7 Å². The van der Waals surface area contributed by atoms with Crippen molar-refractivity contribution in [2.24, 2.45) is 0 Å². The second kappa shape index (κ2) is 8.82. The van der Waals surface area contributed by atoms with Gasteiger partial charge in [0, 0.05) is 13.2 Å². The highest BCUT2D eigenvalue weighted by Gasteiger charge is 2.47. The van der Waals surface area contributed by atoms with Crippen LogP contribution in [0.15, 0.2) is 53.4 Å². The number of aryl methyl sites for hydroxylation is 1. The van der Waals surface area contributed by atoms with Crippen molar-refractivity contribution >= 4 is 27.5 Å². The molecule has 0 aromatic heterocycles. The number of hydrogen-bond donors (Lipinski definition) is 0. The van der Waals surface area contributed by atoms with Crippen LogP contribution in [0, 0.1) is 18.3 Å². The van der Waals surface area contributed by atoms with E-state index in [0.717, 1.165) is 21.2 Å². The fourth-order valence-corrected chi connectivity index (χ4v) is 5.64. The number of nitrogens with zero attached hydrogens (tertiary/aromatic N) is 3. The van der Waals surface area contributed by atoms with Crippen LogP contribution in [0.4, 0.5) is 5.69 Å². The molecule has 2 aliphatic heterocycles. The third-order valence-electron chi connectivity index (χ3n) is 5.76. The molecule has 4 rings (SSSR count). The van der Waals surface area contributed by atoms with Crippen molar-refractivity contribution in [3.8, 4) is 6.07 Å². The van der Waals surface area contributed by atoms with Crippen LogP contribution in [0.3, 0.4) is 0 Å². The molecule has 2 aliphatic rings. The Morgan fingerprint density at radius 1 is 1.12 bits per heavy atom. The van der Waals surface area contributed by atoms with Crippen LogP contribution >= 0.6 is 0 Å². The van der Waals surface area contributed by atoms with E-state index in [9.17, 15) is 18.0 Å². The van der Waals surface area contributed by atoms with E-state index in [-0.39, 0.29) is 24.0 Å². The standard InChI is InChI=1S/C23H23N3O5S/c1-16-4-10-20(11-5-16)32(29,30)25(15-19-3-2-12-31-19)21-13-22(27)26(23(21)28)18-8-6-17(14-24)7-9-18/h4-11,19,21H,2-3,12-13,15H2,1H3. The van der Waals surface area contributed by atoms with E-state index in [1.54, 1.807) is 12.1 Å². The lowest BCUT2D eigenvalue weighted by molar-refractivity contribution is -0.122. The van der Waals surface area contributed by atoms with Gasteiger partial charge in [-0.2, -0.15) is 9.57 Å². The molecule has 2 amide bonds. The number of hydrogen-bond acceptors (Lipinski definition) is 6. The predicted octanol–water partition coefficient (Wildman–Crippen LogP) is 2.37. The summed E-state index contributed by atoms with van der Waals surface area (Å²) in [6.07, 6.45) is 0.921. The van der Waals surface area contributed by atoms with Gasteiger partial charge in [0.15, 0.2) is 0 Å². The largest absolute Gasteiger partial charge is 0.377 e. The predicted molar refractivity (Wildman–Crippen MR) is 116 cm³/mol. The van der Waals surface area contributed by atoms with Gasteiger partial charge in [0.1, 0.15) is 6.04 Å². The minimum Gasteiger partial charge on any atom is -0.377 e. The minimum atomic E-state index is -4.05. The minimum absolute atomic E-state index is 0.00110. The van der Waals surface area contributed by atoms with E-state index in [2.05, 4.69) is 0 Å². The lowest BCUT2D eigenvalue weighted by Crippen LogP contribution is -2.48. The molecule has 0 radical (unpaired) electrons. The zero-order valence-corrected chi connectivity index (χ0v) is 18.4. The number of rotatable bonds is 6. The smallest absolute Gasteiger partial charge is 0.252 e. The SMILES string of the molecule is Cc1ccc(S(=O)(=O)N(CC2CCCO2)C2CC(=O)N(c3ccc(C#N)cc3)C2=O)cc1. The maximum absolute atomic E-state index is 13.5. The molecule has 2 aromatic carbocycles. The fourth-order valence-electron chi connectivity index (χ4n) is 4.02. The Kier molecular flexibility index (Phi) is 6.11. The summed E-state index contributed by atoms with van der Waals surface area (Å²) in [5.41, 5.74) is 1.62. The Bertz CT molecular complexity index is 1160. The topological polar surface area (TPSA) is 108 Å². The summed E-state index contributed by atoms with van der Waals surface area (Å²) in [5, 5.41) is 8.98. The first-order chi connectivity index (χ1) is 15.3.